The number of amides is 3. The maximum atomic E-state index is 13.0. The quantitative estimate of drug-likeness (QED) is 0.299. The molecule has 0 saturated carbocycles. The first-order valence-corrected chi connectivity index (χ1v) is 11.9. The van der Waals surface area contributed by atoms with Crippen LogP contribution in [0.1, 0.15) is 61.3 Å². The van der Waals surface area contributed by atoms with E-state index in [1.54, 1.807) is 20.8 Å². The number of methoxy groups -OCH3 is 1. The standard InChI is InChI=1S/C24H42N4O6/c1-9-12-18(34-10-2)16(5)20(29)26-19(15(3)4)21(30)25-17(6)22(31)28-14-11-13-24(7,27-28)23(32)33-8/h9,12,15-19,27H,10-11,13-14H2,1-8H3,(H,25,30)(H,26,29)/b12-9+/t16-,17+,18-,19+,24?/m1/s1. The molecule has 0 aromatic carbocycles. The topological polar surface area (TPSA) is 126 Å². The highest BCUT2D eigenvalue weighted by molar-refractivity contribution is 5.92. The molecular formula is C24H42N4O6. The summed E-state index contributed by atoms with van der Waals surface area (Å²) >= 11 is 0. The van der Waals surface area contributed by atoms with Crippen LogP contribution in [0.25, 0.3) is 0 Å². The molecule has 0 aromatic rings. The maximum absolute atomic E-state index is 13.0. The van der Waals surface area contributed by atoms with Gasteiger partial charge in [-0.25, -0.2) is 5.43 Å². The van der Waals surface area contributed by atoms with Crippen molar-refractivity contribution in [2.75, 3.05) is 20.3 Å². The van der Waals surface area contributed by atoms with Gasteiger partial charge >= 0.3 is 5.97 Å². The Labute approximate surface area is 203 Å². The van der Waals surface area contributed by atoms with Gasteiger partial charge in [0.15, 0.2) is 0 Å². The number of hydrazine groups is 1. The summed E-state index contributed by atoms with van der Waals surface area (Å²) in [5.41, 5.74) is 1.92. The van der Waals surface area contributed by atoms with E-state index in [9.17, 15) is 19.2 Å². The third-order valence-corrected chi connectivity index (χ3v) is 5.97. The number of carbonyl (C=O) groups is 4. The number of rotatable bonds is 11. The van der Waals surface area contributed by atoms with Crippen LogP contribution < -0.4 is 16.1 Å². The van der Waals surface area contributed by atoms with Crippen LogP contribution in [0.4, 0.5) is 0 Å². The zero-order chi connectivity index (χ0) is 26.1. The van der Waals surface area contributed by atoms with Gasteiger partial charge in [0, 0.05) is 13.2 Å². The van der Waals surface area contributed by atoms with Crippen molar-refractivity contribution in [3.8, 4) is 0 Å². The fraction of sp³-hybridized carbons (Fsp3) is 0.750. The van der Waals surface area contributed by atoms with Crippen LogP contribution in [-0.2, 0) is 28.7 Å². The van der Waals surface area contributed by atoms with Gasteiger partial charge in [-0.3, -0.25) is 24.2 Å². The molecule has 3 amide bonds. The zero-order valence-corrected chi connectivity index (χ0v) is 21.8. The molecule has 5 atom stereocenters. The zero-order valence-electron chi connectivity index (χ0n) is 21.8. The Balaban J connectivity index is 2.84. The second kappa shape index (κ2) is 13.4. The van der Waals surface area contributed by atoms with Crippen LogP contribution in [-0.4, -0.2) is 72.7 Å². The Hall–Kier alpha value is -2.46. The van der Waals surface area contributed by atoms with Crippen LogP contribution in [0.2, 0.25) is 0 Å². The fourth-order valence-electron chi connectivity index (χ4n) is 3.85. The Morgan fingerprint density at radius 3 is 2.29 bits per heavy atom. The number of nitrogens with one attached hydrogen (secondary N) is 3. The first kappa shape index (κ1) is 29.6. The molecule has 1 rings (SSSR count). The van der Waals surface area contributed by atoms with Crippen LogP contribution in [0.15, 0.2) is 12.2 Å². The van der Waals surface area contributed by atoms with Crippen LogP contribution in [0.5, 0.6) is 0 Å². The van der Waals surface area contributed by atoms with Crippen molar-refractivity contribution in [1.82, 2.24) is 21.1 Å². The summed E-state index contributed by atoms with van der Waals surface area (Å²) < 4.78 is 10.5. The van der Waals surface area contributed by atoms with E-state index < -0.39 is 41.5 Å². The summed E-state index contributed by atoms with van der Waals surface area (Å²) in [5, 5.41) is 6.86. The molecule has 0 bridgehead atoms. The molecule has 10 heteroatoms. The summed E-state index contributed by atoms with van der Waals surface area (Å²) in [4.78, 5) is 50.9. The summed E-state index contributed by atoms with van der Waals surface area (Å²) in [6, 6.07) is -1.69. The van der Waals surface area contributed by atoms with Crippen LogP contribution >= 0.6 is 0 Å². The van der Waals surface area contributed by atoms with E-state index in [4.69, 9.17) is 9.47 Å². The fourth-order valence-corrected chi connectivity index (χ4v) is 3.85. The van der Waals surface area contributed by atoms with Crippen molar-refractivity contribution in [3.05, 3.63) is 12.2 Å². The number of hydrogen-bond acceptors (Lipinski definition) is 7. The molecule has 34 heavy (non-hydrogen) atoms. The van der Waals surface area contributed by atoms with E-state index in [0.29, 0.717) is 26.0 Å². The Morgan fingerprint density at radius 1 is 1.12 bits per heavy atom. The Bertz CT molecular complexity index is 756. The van der Waals surface area contributed by atoms with Crippen molar-refractivity contribution in [1.29, 1.82) is 0 Å². The second-order valence-corrected chi connectivity index (χ2v) is 9.22. The van der Waals surface area contributed by atoms with Gasteiger partial charge in [-0.2, -0.15) is 0 Å². The summed E-state index contributed by atoms with van der Waals surface area (Å²) in [7, 11) is 1.30. The van der Waals surface area contributed by atoms with Crippen molar-refractivity contribution >= 4 is 23.7 Å². The summed E-state index contributed by atoms with van der Waals surface area (Å²) in [5.74, 6) is -2.31. The molecule has 1 unspecified atom stereocenters. The van der Waals surface area contributed by atoms with E-state index in [-0.39, 0.29) is 17.7 Å². The lowest BCUT2D eigenvalue weighted by Crippen LogP contribution is -2.65. The van der Waals surface area contributed by atoms with E-state index in [0.717, 1.165) is 0 Å². The minimum Gasteiger partial charge on any atom is -0.468 e. The van der Waals surface area contributed by atoms with E-state index in [1.807, 2.05) is 39.8 Å². The minimum absolute atomic E-state index is 0.207. The molecule has 1 heterocycles. The first-order chi connectivity index (χ1) is 15.9. The highest BCUT2D eigenvalue weighted by Crippen LogP contribution is 2.20. The number of nitrogens with zero attached hydrogens (tertiary/aromatic N) is 1. The number of hydrogen-bond donors (Lipinski definition) is 3. The van der Waals surface area contributed by atoms with Gasteiger partial charge in [-0.05, 0) is 46.5 Å². The van der Waals surface area contributed by atoms with Crippen molar-refractivity contribution < 1.29 is 28.7 Å². The van der Waals surface area contributed by atoms with Gasteiger partial charge in [0.25, 0.3) is 5.91 Å². The molecule has 0 aliphatic carbocycles. The number of ether oxygens (including phenoxy) is 2. The molecule has 0 radical (unpaired) electrons. The molecular weight excluding hydrogens is 440 g/mol. The predicted octanol–water partition coefficient (Wildman–Crippen LogP) is 1.31. The van der Waals surface area contributed by atoms with E-state index in [1.165, 1.54) is 12.1 Å². The first-order valence-electron chi connectivity index (χ1n) is 11.9. The molecule has 1 saturated heterocycles. The highest BCUT2D eigenvalue weighted by Gasteiger charge is 2.41. The maximum Gasteiger partial charge on any atom is 0.327 e. The normalized spacial score (nSPS) is 22.1. The molecule has 1 fully saturated rings. The van der Waals surface area contributed by atoms with Gasteiger partial charge in [-0.15, -0.1) is 0 Å². The largest absolute Gasteiger partial charge is 0.468 e. The van der Waals surface area contributed by atoms with Gasteiger partial charge < -0.3 is 20.1 Å². The summed E-state index contributed by atoms with van der Waals surface area (Å²) in [6.07, 6.45) is 4.37. The highest BCUT2D eigenvalue weighted by atomic mass is 16.5. The molecule has 0 spiro atoms. The Kier molecular flexibility index (Phi) is 11.7. The molecule has 3 N–H and O–H groups in total. The lowest BCUT2D eigenvalue weighted by molar-refractivity contribution is -0.157. The minimum atomic E-state index is -1.01. The molecule has 1 aliphatic heterocycles. The third-order valence-electron chi connectivity index (χ3n) is 5.97. The van der Waals surface area contributed by atoms with Gasteiger partial charge in [0.1, 0.15) is 17.6 Å². The third kappa shape index (κ3) is 7.80. The Morgan fingerprint density at radius 2 is 1.76 bits per heavy atom. The number of allylic oxidation sites excluding steroid dienone is 1. The summed E-state index contributed by atoms with van der Waals surface area (Å²) in [6.45, 7) is 13.2. The van der Waals surface area contributed by atoms with E-state index >= 15 is 0 Å². The van der Waals surface area contributed by atoms with Gasteiger partial charge in [0.05, 0.1) is 19.1 Å². The second-order valence-electron chi connectivity index (χ2n) is 9.22. The van der Waals surface area contributed by atoms with Crippen molar-refractivity contribution in [2.24, 2.45) is 11.8 Å². The van der Waals surface area contributed by atoms with Crippen LogP contribution in [0.3, 0.4) is 0 Å². The van der Waals surface area contributed by atoms with E-state index in [2.05, 4.69) is 16.1 Å². The van der Waals surface area contributed by atoms with Crippen molar-refractivity contribution in [3.63, 3.8) is 0 Å². The van der Waals surface area contributed by atoms with Crippen molar-refractivity contribution in [2.45, 2.75) is 85.0 Å². The van der Waals surface area contributed by atoms with Gasteiger partial charge in [0.2, 0.25) is 11.8 Å². The molecule has 194 valence electrons. The van der Waals surface area contributed by atoms with Crippen LogP contribution in [0, 0.1) is 11.8 Å². The number of carbonyl (C=O) groups excluding carboxylic acids is 4. The monoisotopic (exact) mass is 482 g/mol. The lowest BCUT2D eigenvalue weighted by Gasteiger charge is -2.40. The van der Waals surface area contributed by atoms with Gasteiger partial charge in [-0.1, -0.05) is 32.9 Å². The average molecular weight is 483 g/mol. The average Bonchev–Trinajstić information content (AvgIpc) is 2.80. The SMILES string of the molecule is C/C=C/[C@@H](OCC)[C@@H](C)C(=O)N[C@H](C(=O)N[C@@H](C)C(=O)N1CCCC(C)(C(=O)OC)N1)C(C)C. The number of esters is 1. The smallest absolute Gasteiger partial charge is 0.327 e. The molecule has 1 aliphatic rings. The molecule has 0 aromatic heterocycles. The lowest BCUT2D eigenvalue weighted by atomic mass is 9.94. The molecule has 10 nitrogen and oxygen atoms in total. The predicted molar refractivity (Wildman–Crippen MR) is 128 cm³/mol.